The van der Waals surface area contributed by atoms with Crippen LogP contribution in [-0.2, 0) is 21.4 Å². The van der Waals surface area contributed by atoms with E-state index in [0.29, 0.717) is 31.1 Å². The quantitative estimate of drug-likeness (QED) is 0.848. The van der Waals surface area contributed by atoms with Gasteiger partial charge in [0.15, 0.2) is 11.5 Å². The van der Waals surface area contributed by atoms with Crippen LogP contribution in [0.15, 0.2) is 47.4 Å². The number of ether oxygens (including phenoxy) is 2. The van der Waals surface area contributed by atoms with Crippen LogP contribution in [0, 0.1) is 0 Å². The first-order chi connectivity index (χ1) is 13.0. The Hall–Kier alpha value is -2.58. The number of carbonyl (C=O) groups is 1. The fourth-order valence-electron chi connectivity index (χ4n) is 3.17. The van der Waals surface area contributed by atoms with Crippen molar-refractivity contribution in [3.05, 3.63) is 48.0 Å². The van der Waals surface area contributed by atoms with Crippen molar-refractivity contribution in [1.82, 2.24) is 4.72 Å². The van der Waals surface area contributed by atoms with Crippen molar-refractivity contribution >= 4 is 21.6 Å². The fraction of sp³-hybridized carbons (Fsp3) is 0.316. The minimum atomic E-state index is -3.68. The van der Waals surface area contributed by atoms with Crippen LogP contribution in [0.25, 0.3) is 0 Å². The number of anilines is 1. The maximum Gasteiger partial charge on any atom is 0.241 e. The number of hydrogen-bond acceptors (Lipinski definition) is 5. The minimum Gasteiger partial charge on any atom is -0.486 e. The summed E-state index contributed by atoms with van der Waals surface area (Å²) in [6.07, 6.45) is 1.45. The van der Waals surface area contributed by atoms with Gasteiger partial charge in [0.25, 0.3) is 0 Å². The molecule has 142 valence electrons. The molecule has 27 heavy (non-hydrogen) atoms. The summed E-state index contributed by atoms with van der Waals surface area (Å²) in [6, 6.07) is 11.9. The smallest absolute Gasteiger partial charge is 0.241 e. The van der Waals surface area contributed by atoms with E-state index in [1.807, 2.05) is 24.3 Å². The minimum absolute atomic E-state index is 0.127. The zero-order valence-electron chi connectivity index (χ0n) is 14.7. The normalized spacial score (nSPS) is 16.6. The van der Waals surface area contributed by atoms with Gasteiger partial charge < -0.3 is 14.4 Å². The zero-order chi connectivity index (χ0) is 18.9. The van der Waals surface area contributed by atoms with Crippen molar-refractivity contribution in [2.45, 2.75) is 24.3 Å². The third kappa shape index (κ3) is 3.77. The highest BCUT2D eigenvalue weighted by molar-refractivity contribution is 7.89. The highest BCUT2D eigenvalue weighted by Crippen LogP contribution is 2.32. The Morgan fingerprint density at radius 1 is 1.00 bits per heavy atom. The molecule has 0 unspecified atom stereocenters. The molecule has 2 aromatic carbocycles. The Labute approximate surface area is 157 Å². The van der Waals surface area contributed by atoms with Gasteiger partial charge in [-0.25, -0.2) is 13.1 Å². The van der Waals surface area contributed by atoms with Crippen molar-refractivity contribution in [2.75, 3.05) is 24.7 Å². The van der Waals surface area contributed by atoms with Gasteiger partial charge in [0.2, 0.25) is 15.9 Å². The number of amides is 1. The standard InChI is InChI=1S/C19H20N2O5S/c22-19-2-1-9-21(19)15-5-3-14(4-6-15)13-20-27(23,24)16-7-8-17-18(12-16)26-11-10-25-17/h3-8,12,20H,1-2,9-11,13H2. The number of benzene rings is 2. The highest BCUT2D eigenvalue weighted by Gasteiger charge is 2.22. The van der Waals surface area contributed by atoms with Crippen molar-refractivity contribution in [2.24, 2.45) is 0 Å². The van der Waals surface area contributed by atoms with Crippen LogP contribution >= 0.6 is 0 Å². The molecule has 0 aliphatic carbocycles. The second kappa shape index (κ2) is 7.21. The Kier molecular flexibility index (Phi) is 4.75. The third-order valence-corrected chi connectivity index (χ3v) is 6.01. The first-order valence-corrected chi connectivity index (χ1v) is 10.3. The molecular formula is C19H20N2O5S. The molecule has 0 radical (unpaired) electrons. The number of nitrogens with one attached hydrogen (secondary N) is 1. The van der Waals surface area contributed by atoms with Gasteiger partial charge in [-0.1, -0.05) is 12.1 Å². The number of nitrogens with zero attached hydrogens (tertiary/aromatic N) is 1. The van der Waals surface area contributed by atoms with Gasteiger partial charge in [-0.3, -0.25) is 4.79 Å². The summed E-state index contributed by atoms with van der Waals surface area (Å²) in [5.74, 6) is 1.11. The van der Waals surface area contributed by atoms with E-state index in [1.165, 1.54) is 12.1 Å². The van der Waals surface area contributed by atoms with Crippen LogP contribution in [0.5, 0.6) is 11.5 Å². The molecule has 1 fully saturated rings. The molecule has 1 N–H and O–H groups in total. The largest absolute Gasteiger partial charge is 0.486 e. The van der Waals surface area contributed by atoms with Gasteiger partial charge in [-0.15, -0.1) is 0 Å². The zero-order valence-corrected chi connectivity index (χ0v) is 15.5. The van der Waals surface area contributed by atoms with Crippen molar-refractivity contribution in [3.8, 4) is 11.5 Å². The van der Waals surface area contributed by atoms with Crippen molar-refractivity contribution in [3.63, 3.8) is 0 Å². The van der Waals surface area contributed by atoms with E-state index in [2.05, 4.69) is 4.72 Å². The van der Waals surface area contributed by atoms with Crippen molar-refractivity contribution in [1.29, 1.82) is 0 Å². The Morgan fingerprint density at radius 2 is 1.74 bits per heavy atom. The van der Waals surface area contributed by atoms with E-state index in [4.69, 9.17) is 9.47 Å². The predicted molar refractivity (Wildman–Crippen MR) is 99.5 cm³/mol. The Bertz CT molecular complexity index is 957. The molecule has 2 aliphatic heterocycles. The number of fused-ring (bicyclic) bond motifs is 1. The predicted octanol–water partition coefficient (Wildman–Crippen LogP) is 2.06. The third-order valence-electron chi connectivity index (χ3n) is 4.61. The van der Waals surface area contributed by atoms with Gasteiger partial charge in [0.05, 0.1) is 4.90 Å². The summed E-state index contributed by atoms with van der Waals surface area (Å²) in [4.78, 5) is 13.7. The highest BCUT2D eigenvalue weighted by atomic mass is 32.2. The molecule has 0 saturated carbocycles. The molecule has 8 heteroatoms. The van der Waals surface area contributed by atoms with E-state index < -0.39 is 10.0 Å². The molecule has 1 saturated heterocycles. The van der Waals surface area contributed by atoms with E-state index in [1.54, 1.807) is 11.0 Å². The van der Waals surface area contributed by atoms with E-state index in [9.17, 15) is 13.2 Å². The molecule has 0 aromatic heterocycles. The van der Waals surface area contributed by atoms with Crippen LogP contribution < -0.4 is 19.1 Å². The van der Waals surface area contributed by atoms with Gasteiger partial charge in [0, 0.05) is 31.3 Å². The second-order valence-electron chi connectivity index (χ2n) is 6.45. The molecule has 4 rings (SSSR count). The molecule has 2 aromatic rings. The molecule has 0 bridgehead atoms. The molecule has 0 spiro atoms. The molecule has 1 amide bonds. The molecule has 0 atom stereocenters. The van der Waals surface area contributed by atoms with Crippen LogP contribution in [0.3, 0.4) is 0 Å². The molecule has 2 heterocycles. The average molecular weight is 388 g/mol. The lowest BCUT2D eigenvalue weighted by Gasteiger charge is -2.19. The van der Waals surface area contributed by atoms with Gasteiger partial charge in [0.1, 0.15) is 13.2 Å². The van der Waals surface area contributed by atoms with Crippen molar-refractivity contribution < 1.29 is 22.7 Å². The fourth-order valence-corrected chi connectivity index (χ4v) is 4.20. The first kappa shape index (κ1) is 17.8. The topological polar surface area (TPSA) is 84.9 Å². The lowest BCUT2D eigenvalue weighted by Crippen LogP contribution is -2.24. The van der Waals surface area contributed by atoms with Crippen LogP contribution in [-0.4, -0.2) is 34.1 Å². The summed E-state index contributed by atoms with van der Waals surface area (Å²) in [5.41, 5.74) is 1.66. The van der Waals surface area contributed by atoms with Gasteiger partial charge in [-0.2, -0.15) is 0 Å². The summed E-state index contributed by atoms with van der Waals surface area (Å²) in [6.45, 7) is 1.74. The van der Waals surface area contributed by atoms with Crippen LogP contribution in [0.2, 0.25) is 0 Å². The SMILES string of the molecule is O=C1CCCN1c1ccc(CNS(=O)(=O)c2ccc3c(c2)OCCO3)cc1. The number of hydrogen-bond donors (Lipinski definition) is 1. The maximum absolute atomic E-state index is 12.5. The lowest BCUT2D eigenvalue weighted by atomic mass is 10.2. The van der Waals surface area contributed by atoms with Crippen LogP contribution in [0.4, 0.5) is 5.69 Å². The lowest BCUT2D eigenvalue weighted by molar-refractivity contribution is -0.117. The Morgan fingerprint density at radius 3 is 2.44 bits per heavy atom. The average Bonchev–Trinajstić information content (AvgIpc) is 3.12. The van der Waals surface area contributed by atoms with Gasteiger partial charge in [-0.05, 0) is 36.2 Å². The molecular weight excluding hydrogens is 368 g/mol. The number of rotatable bonds is 5. The number of carbonyl (C=O) groups excluding carboxylic acids is 1. The van der Waals surface area contributed by atoms with Crippen LogP contribution in [0.1, 0.15) is 18.4 Å². The number of sulfonamides is 1. The Balaban J connectivity index is 1.44. The first-order valence-electron chi connectivity index (χ1n) is 8.81. The molecule has 7 nitrogen and oxygen atoms in total. The summed E-state index contributed by atoms with van der Waals surface area (Å²) in [7, 11) is -3.68. The van der Waals surface area contributed by atoms with Gasteiger partial charge >= 0.3 is 0 Å². The maximum atomic E-state index is 12.5. The summed E-state index contributed by atoms with van der Waals surface area (Å²) in [5, 5.41) is 0. The van der Waals surface area contributed by atoms with E-state index in [-0.39, 0.29) is 17.3 Å². The molecule has 2 aliphatic rings. The van der Waals surface area contributed by atoms with E-state index >= 15 is 0 Å². The second-order valence-corrected chi connectivity index (χ2v) is 8.21. The monoisotopic (exact) mass is 388 g/mol. The summed E-state index contributed by atoms with van der Waals surface area (Å²) >= 11 is 0. The van der Waals surface area contributed by atoms with E-state index in [0.717, 1.165) is 24.2 Å². The summed E-state index contributed by atoms with van der Waals surface area (Å²) < 4.78 is 38.5.